The minimum Gasteiger partial charge on any atom is -0.352 e. The van der Waals surface area contributed by atoms with Gasteiger partial charge < -0.3 is 10.2 Å². The minimum atomic E-state index is -3.70. The Morgan fingerprint density at radius 1 is 1.14 bits per heavy atom. The van der Waals surface area contributed by atoms with Gasteiger partial charge in [0.2, 0.25) is 0 Å². The number of carbonyl (C=O) groups excluding carboxylic acids is 1. The number of nitrogens with zero attached hydrogens (tertiary/aromatic N) is 2. The minimum absolute atomic E-state index is 0.152. The summed E-state index contributed by atoms with van der Waals surface area (Å²) in [7, 11) is -1.61. The van der Waals surface area contributed by atoms with Crippen LogP contribution in [0.3, 0.4) is 0 Å². The molecule has 2 aromatic carbocycles. The molecule has 0 saturated carbocycles. The third-order valence-electron chi connectivity index (χ3n) is 5.80. The van der Waals surface area contributed by atoms with Gasteiger partial charge in [0.1, 0.15) is 0 Å². The van der Waals surface area contributed by atoms with Gasteiger partial charge in [-0.05, 0) is 68.6 Å². The van der Waals surface area contributed by atoms with Crippen molar-refractivity contribution in [3.63, 3.8) is 0 Å². The highest BCUT2D eigenvalue weighted by atomic mass is 32.2. The van der Waals surface area contributed by atoms with Gasteiger partial charge in [0, 0.05) is 25.2 Å². The predicted molar refractivity (Wildman–Crippen MR) is 114 cm³/mol. The molecule has 7 heteroatoms. The quantitative estimate of drug-likeness (QED) is 0.818. The molecule has 29 heavy (non-hydrogen) atoms. The number of hydrogen-bond acceptors (Lipinski definition) is 4. The summed E-state index contributed by atoms with van der Waals surface area (Å²) >= 11 is 0. The molecule has 1 unspecified atom stereocenters. The molecule has 1 amide bonds. The number of amides is 1. The average Bonchev–Trinajstić information content (AvgIpc) is 3.17. The molecule has 0 bridgehead atoms. The second-order valence-electron chi connectivity index (χ2n) is 7.96. The standard InChI is InChI=1S/C22H27N3O3S/c1-24-12-5-6-17(16-24)15-23-22(26)19-8-4-9-20(14-19)29(27,28)25-13-11-18-7-2-3-10-21(18)25/h2-4,7-10,14,17H,5-6,11-13,15-16H2,1H3,(H,23,26). The summed E-state index contributed by atoms with van der Waals surface area (Å²) in [5, 5.41) is 2.98. The second-order valence-corrected chi connectivity index (χ2v) is 9.83. The van der Waals surface area contributed by atoms with E-state index in [0.717, 1.165) is 37.2 Å². The van der Waals surface area contributed by atoms with Crippen LogP contribution < -0.4 is 9.62 Å². The van der Waals surface area contributed by atoms with Crippen LogP contribution >= 0.6 is 0 Å². The molecule has 2 heterocycles. The largest absolute Gasteiger partial charge is 0.352 e. The van der Waals surface area contributed by atoms with Crippen LogP contribution in [0.1, 0.15) is 28.8 Å². The monoisotopic (exact) mass is 413 g/mol. The number of piperidine rings is 1. The summed E-state index contributed by atoms with van der Waals surface area (Å²) in [6.45, 7) is 3.11. The molecule has 2 aliphatic rings. The molecule has 0 spiro atoms. The van der Waals surface area contributed by atoms with Gasteiger partial charge in [0.15, 0.2) is 0 Å². The Morgan fingerprint density at radius 3 is 2.79 bits per heavy atom. The molecular weight excluding hydrogens is 386 g/mol. The van der Waals surface area contributed by atoms with Crippen molar-refractivity contribution in [3.8, 4) is 0 Å². The number of hydrogen-bond donors (Lipinski definition) is 1. The molecule has 6 nitrogen and oxygen atoms in total. The van der Waals surface area contributed by atoms with E-state index in [0.29, 0.717) is 31.0 Å². The maximum absolute atomic E-state index is 13.2. The topological polar surface area (TPSA) is 69.7 Å². The van der Waals surface area contributed by atoms with Crippen molar-refractivity contribution < 1.29 is 13.2 Å². The van der Waals surface area contributed by atoms with Crippen LogP contribution in [0.25, 0.3) is 0 Å². The summed E-state index contributed by atoms with van der Waals surface area (Å²) in [4.78, 5) is 15.1. The van der Waals surface area contributed by atoms with E-state index >= 15 is 0 Å². The lowest BCUT2D eigenvalue weighted by Gasteiger charge is -2.29. The SMILES string of the molecule is CN1CCCC(CNC(=O)c2cccc(S(=O)(=O)N3CCc4ccccc43)c2)C1. The third-order valence-corrected chi connectivity index (χ3v) is 7.61. The van der Waals surface area contributed by atoms with Crippen LogP contribution in [-0.4, -0.2) is 52.5 Å². The average molecular weight is 414 g/mol. The molecule has 1 saturated heterocycles. The number of nitrogens with one attached hydrogen (secondary N) is 1. The van der Waals surface area contributed by atoms with Crippen molar-refractivity contribution >= 4 is 21.6 Å². The van der Waals surface area contributed by atoms with E-state index < -0.39 is 10.0 Å². The van der Waals surface area contributed by atoms with Gasteiger partial charge in [-0.2, -0.15) is 0 Å². The van der Waals surface area contributed by atoms with Gasteiger partial charge in [-0.25, -0.2) is 8.42 Å². The first-order valence-corrected chi connectivity index (χ1v) is 11.6. The zero-order chi connectivity index (χ0) is 20.4. The van der Waals surface area contributed by atoms with Gasteiger partial charge >= 0.3 is 0 Å². The van der Waals surface area contributed by atoms with Crippen molar-refractivity contribution in [1.29, 1.82) is 0 Å². The number of carbonyl (C=O) groups is 1. The molecule has 0 radical (unpaired) electrons. The van der Waals surface area contributed by atoms with E-state index in [1.54, 1.807) is 18.2 Å². The number of benzene rings is 2. The molecule has 1 atom stereocenters. The van der Waals surface area contributed by atoms with Gasteiger partial charge in [-0.1, -0.05) is 24.3 Å². The van der Waals surface area contributed by atoms with Gasteiger partial charge in [-0.3, -0.25) is 9.10 Å². The first-order valence-electron chi connectivity index (χ1n) is 10.1. The Morgan fingerprint density at radius 2 is 1.97 bits per heavy atom. The Kier molecular flexibility index (Phi) is 5.61. The lowest BCUT2D eigenvalue weighted by molar-refractivity contribution is 0.0936. The smallest absolute Gasteiger partial charge is 0.264 e. The molecule has 0 aliphatic carbocycles. The Bertz CT molecular complexity index is 1010. The number of fused-ring (bicyclic) bond motifs is 1. The first-order chi connectivity index (χ1) is 13.9. The van der Waals surface area contributed by atoms with Crippen LogP contribution in [0.2, 0.25) is 0 Å². The van der Waals surface area contributed by atoms with Crippen molar-refractivity contribution in [2.24, 2.45) is 5.92 Å². The maximum atomic E-state index is 13.2. The van der Waals surface area contributed by atoms with Crippen LogP contribution in [0.5, 0.6) is 0 Å². The number of anilines is 1. The molecule has 2 aliphatic heterocycles. The van der Waals surface area contributed by atoms with E-state index in [9.17, 15) is 13.2 Å². The molecule has 2 aromatic rings. The molecular formula is C22H27N3O3S. The molecule has 1 N–H and O–H groups in total. The van der Waals surface area contributed by atoms with E-state index in [1.807, 2.05) is 24.3 Å². The highest BCUT2D eigenvalue weighted by Crippen LogP contribution is 2.32. The summed E-state index contributed by atoms with van der Waals surface area (Å²) in [5.41, 5.74) is 2.13. The normalized spacial score (nSPS) is 19.8. The number of likely N-dealkylation sites (tertiary alicyclic amines) is 1. The summed E-state index contributed by atoms with van der Waals surface area (Å²) in [6, 6.07) is 13.9. The van der Waals surface area contributed by atoms with Crippen molar-refractivity contribution in [2.75, 3.05) is 37.5 Å². The maximum Gasteiger partial charge on any atom is 0.264 e. The lowest BCUT2D eigenvalue weighted by atomic mass is 9.98. The molecule has 1 fully saturated rings. The van der Waals surface area contributed by atoms with E-state index in [1.165, 1.54) is 10.4 Å². The zero-order valence-corrected chi connectivity index (χ0v) is 17.5. The van der Waals surface area contributed by atoms with Gasteiger partial charge in [0.05, 0.1) is 10.6 Å². The van der Waals surface area contributed by atoms with Crippen LogP contribution in [0.4, 0.5) is 5.69 Å². The van der Waals surface area contributed by atoms with Crippen molar-refractivity contribution in [3.05, 3.63) is 59.7 Å². The lowest BCUT2D eigenvalue weighted by Crippen LogP contribution is -2.39. The number of para-hydroxylation sites is 1. The second kappa shape index (κ2) is 8.16. The van der Waals surface area contributed by atoms with Crippen LogP contribution in [-0.2, 0) is 16.4 Å². The molecule has 154 valence electrons. The third kappa shape index (κ3) is 4.16. The van der Waals surface area contributed by atoms with Crippen LogP contribution in [0.15, 0.2) is 53.4 Å². The fourth-order valence-electron chi connectivity index (χ4n) is 4.26. The Labute approximate surface area is 172 Å². The first kappa shape index (κ1) is 19.9. The number of sulfonamides is 1. The van der Waals surface area contributed by atoms with E-state index in [-0.39, 0.29) is 10.8 Å². The van der Waals surface area contributed by atoms with Crippen LogP contribution in [0, 0.1) is 5.92 Å². The molecule has 0 aromatic heterocycles. The summed E-state index contributed by atoms with van der Waals surface area (Å²) in [6.07, 6.45) is 2.95. The fourth-order valence-corrected chi connectivity index (χ4v) is 5.81. The van der Waals surface area contributed by atoms with E-state index in [4.69, 9.17) is 0 Å². The fraction of sp³-hybridized carbons (Fsp3) is 0.409. The van der Waals surface area contributed by atoms with Crippen molar-refractivity contribution in [2.45, 2.75) is 24.2 Å². The Hall–Kier alpha value is -2.38. The summed E-state index contributed by atoms with van der Waals surface area (Å²) < 4.78 is 27.8. The zero-order valence-electron chi connectivity index (χ0n) is 16.7. The van der Waals surface area contributed by atoms with Gasteiger partial charge in [0.25, 0.3) is 15.9 Å². The van der Waals surface area contributed by atoms with Gasteiger partial charge in [-0.15, -0.1) is 0 Å². The van der Waals surface area contributed by atoms with Crippen molar-refractivity contribution in [1.82, 2.24) is 10.2 Å². The predicted octanol–water partition coefficient (Wildman–Crippen LogP) is 2.51. The number of rotatable bonds is 5. The van der Waals surface area contributed by atoms with E-state index in [2.05, 4.69) is 17.3 Å². The summed E-state index contributed by atoms with van der Waals surface area (Å²) in [5.74, 6) is 0.211. The highest BCUT2D eigenvalue weighted by Gasteiger charge is 2.31. The highest BCUT2D eigenvalue weighted by molar-refractivity contribution is 7.92. The molecule has 4 rings (SSSR count). The Balaban J connectivity index is 1.49.